The van der Waals surface area contributed by atoms with Gasteiger partial charge in [-0.2, -0.15) is 0 Å². The van der Waals surface area contributed by atoms with Crippen molar-refractivity contribution in [2.24, 2.45) is 0 Å². The molecule has 0 aliphatic carbocycles. The van der Waals surface area contributed by atoms with Crippen molar-refractivity contribution in [2.45, 2.75) is 19.5 Å². The van der Waals surface area contributed by atoms with E-state index in [1.165, 1.54) is 32.5 Å². The number of hydrogen-bond acceptors (Lipinski definition) is 7. The first-order chi connectivity index (χ1) is 18.9. The number of benzene rings is 2. The number of hydrogen-bond donors (Lipinski definition) is 2. The number of ether oxygens (including phenoxy) is 3. The van der Waals surface area contributed by atoms with Gasteiger partial charge < -0.3 is 29.4 Å². The van der Waals surface area contributed by atoms with Gasteiger partial charge in [-0.3, -0.25) is 4.79 Å². The number of nitrogens with one attached hydrogen (secondary N) is 2. The number of anilines is 2. The van der Waals surface area contributed by atoms with Crippen LogP contribution in [-0.2, 0) is 33.8 Å². The highest BCUT2D eigenvalue weighted by molar-refractivity contribution is 6.11. The molecule has 2 aromatic heterocycles. The molecule has 0 bridgehead atoms. The summed E-state index contributed by atoms with van der Waals surface area (Å²) >= 11 is 0. The summed E-state index contributed by atoms with van der Waals surface area (Å²) in [5, 5.41) is 6.22. The van der Waals surface area contributed by atoms with E-state index < -0.39 is 23.5 Å². The fourth-order valence-electron chi connectivity index (χ4n) is 4.20. The van der Waals surface area contributed by atoms with E-state index in [1.807, 2.05) is 24.3 Å². The van der Waals surface area contributed by atoms with Crippen molar-refractivity contribution >= 4 is 34.3 Å². The summed E-state index contributed by atoms with van der Waals surface area (Å²) in [5.41, 5.74) is 2.36. The molecule has 0 atom stereocenters. The van der Waals surface area contributed by atoms with Crippen LogP contribution in [0.15, 0.2) is 54.7 Å². The molecule has 2 N–H and O–H groups in total. The number of aryl methyl sites for hydroxylation is 2. The Morgan fingerprint density at radius 2 is 1.82 bits per heavy atom. The van der Waals surface area contributed by atoms with Crippen molar-refractivity contribution in [1.82, 2.24) is 9.55 Å². The molecular weight excluding hydrogens is 510 g/mol. The minimum absolute atomic E-state index is 0.00974. The van der Waals surface area contributed by atoms with Gasteiger partial charge >= 0.3 is 5.97 Å². The molecule has 0 unspecified atom stereocenters. The lowest BCUT2D eigenvalue weighted by molar-refractivity contribution is -0.119. The minimum atomic E-state index is -0.942. The smallest absolute Gasteiger partial charge is 0.356 e. The molecule has 0 aliphatic heterocycles. The second-order valence-corrected chi connectivity index (χ2v) is 8.61. The zero-order valence-corrected chi connectivity index (χ0v) is 21.7. The van der Waals surface area contributed by atoms with E-state index >= 15 is 0 Å². The predicted octanol–water partition coefficient (Wildman–Crippen LogP) is 4.55. The minimum Gasteiger partial charge on any atom is -0.497 e. The summed E-state index contributed by atoms with van der Waals surface area (Å²) in [4.78, 5) is 30.0. The molecule has 0 radical (unpaired) electrons. The van der Waals surface area contributed by atoms with Crippen LogP contribution in [0, 0.1) is 11.6 Å². The van der Waals surface area contributed by atoms with E-state index in [2.05, 4.69) is 15.6 Å². The van der Waals surface area contributed by atoms with Crippen LogP contribution in [0.1, 0.15) is 21.6 Å². The number of pyridine rings is 1. The van der Waals surface area contributed by atoms with Crippen molar-refractivity contribution in [1.29, 1.82) is 0 Å². The number of carbonyl (C=O) groups excluding carboxylic acids is 2. The van der Waals surface area contributed by atoms with E-state index in [9.17, 15) is 18.4 Å². The normalized spacial score (nSPS) is 10.9. The molecule has 4 rings (SSSR count). The highest BCUT2D eigenvalue weighted by atomic mass is 19.2. The molecule has 0 spiro atoms. The van der Waals surface area contributed by atoms with Crippen LogP contribution in [-0.4, -0.2) is 49.4 Å². The van der Waals surface area contributed by atoms with Crippen LogP contribution in [0.4, 0.5) is 20.2 Å². The van der Waals surface area contributed by atoms with Gasteiger partial charge in [0.25, 0.3) is 0 Å². The summed E-state index contributed by atoms with van der Waals surface area (Å²) in [7, 11) is 4.23. The highest BCUT2D eigenvalue weighted by Crippen LogP contribution is 2.33. The van der Waals surface area contributed by atoms with Crippen LogP contribution in [0.25, 0.3) is 11.0 Å². The molecule has 9 nitrogen and oxygen atoms in total. The summed E-state index contributed by atoms with van der Waals surface area (Å²) in [6.07, 6.45) is 2.06. The molecule has 1 amide bonds. The first-order valence-electron chi connectivity index (χ1n) is 12.0. The SMILES string of the molecule is COCC(=O)Nc1c(C(=O)OC)n(CCc2ccc(OC)cc2)c2ncc(NCc3cccc(F)c3F)cc12. The van der Waals surface area contributed by atoms with Gasteiger partial charge in [0.1, 0.15) is 18.0 Å². The molecule has 0 fully saturated rings. The molecule has 2 aromatic carbocycles. The van der Waals surface area contributed by atoms with Gasteiger partial charge in [-0.25, -0.2) is 18.6 Å². The van der Waals surface area contributed by atoms with Gasteiger partial charge in [0.05, 0.1) is 31.8 Å². The standard InChI is InChI=1S/C28H28F2N4O5/c1-37-16-23(35)33-25-21-13-19(31-14-18-5-4-6-22(29)24(18)30)15-32-27(21)34(26(25)28(36)39-3)12-11-17-7-9-20(38-2)10-8-17/h4-10,13,15,31H,11-12,14,16H2,1-3H3,(H,33,35). The molecule has 0 aliphatic rings. The van der Waals surface area contributed by atoms with Crippen LogP contribution in [0.2, 0.25) is 0 Å². The van der Waals surface area contributed by atoms with Gasteiger partial charge in [-0.05, 0) is 36.2 Å². The maximum atomic E-state index is 14.1. The zero-order valence-electron chi connectivity index (χ0n) is 21.7. The Balaban J connectivity index is 1.74. The van der Waals surface area contributed by atoms with E-state index in [0.29, 0.717) is 29.7 Å². The van der Waals surface area contributed by atoms with Crippen molar-refractivity contribution in [2.75, 3.05) is 38.6 Å². The number of nitrogens with zero attached hydrogens (tertiary/aromatic N) is 2. The van der Waals surface area contributed by atoms with Gasteiger partial charge in [0, 0.05) is 31.1 Å². The Morgan fingerprint density at radius 1 is 1.05 bits per heavy atom. The number of methoxy groups -OCH3 is 3. The number of esters is 1. The van der Waals surface area contributed by atoms with Gasteiger partial charge in [-0.1, -0.05) is 24.3 Å². The lowest BCUT2D eigenvalue weighted by Gasteiger charge is -2.11. The average Bonchev–Trinajstić information content (AvgIpc) is 3.24. The molecule has 204 valence electrons. The third-order valence-corrected chi connectivity index (χ3v) is 6.11. The lowest BCUT2D eigenvalue weighted by Crippen LogP contribution is -2.20. The van der Waals surface area contributed by atoms with E-state index in [-0.39, 0.29) is 30.1 Å². The molecule has 0 saturated carbocycles. The summed E-state index contributed by atoms with van der Waals surface area (Å²) in [6.45, 7) is 0.106. The number of amides is 1. The summed E-state index contributed by atoms with van der Waals surface area (Å²) in [5.74, 6) is -2.29. The first kappa shape index (κ1) is 27.5. The third kappa shape index (κ3) is 6.15. The number of carbonyl (C=O) groups is 2. The highest BCUT2D eigenvalue weighted by Gasteiger charge is 2.26. The Hall–Kier alpha value is -4.51. The zero-order chi connectivity index (χ0) is 27.9. The van der Waals surface area contributed by atoms with Crippen molar-refractivity contribution in [3.8, 4) is 5.75 Å². The number of aromatic nitrogens is 2. The van der Waals surface area contributed by atoms with Gasteiger partial charge in [0.2, 0.25) is 5.91 Å². The average molecular weight is 539 g/mol. The maximum Gasteiger partial charge on any atom is 0.356 e. The second kappa shape index (κ2) is 12.4. The predicted molar refractivity (Wildman–Crippen MR) is 142 cm³/mol. The van der Waals surface area contributed by atoms with Crippen molar-refractivity contribution < 1.29 is 32.6 Å². The second-order valence-electron chi connectivity index (χ2n) is 8.61. The van der Waals surface area contributed by atoms with Crippen molar-refractivity contribution in [3.05, 3.63) is 83.2 Å². The van der Waals surface area contributed by atoms with E-state index in [1.54, 1.807) is 17.7 Å². The number of halogens is 2. The molecule has 2 heterocycles. The molecule has 0 saturated heterocycles. The Bertz CT molecular complexity index is 1490. The van der Waals surface area contributed by atoms with Gasteiger partial charge in [0.15, 0.2) is 17.3 Å². The maximum absolute atomic E-state index is 14.1. The first-order valence-corrected chi connectivity index (χ1v) is 12.0. The largest absolute Gasteiger partial charge is 0.497 e. The number of fused-ring (bicyclic) bond motifs is 1. The molecule has 4 aromatic rings. The quantitative estimate of drug-likeness (QED) is 0.270. The monoisotopic (exact) mass is 538 g/mol. The van der Waals surface area contributed by atoms with Crippen LogP contribution >= 0.6 is 0 Å². The molecule has 11 heteroatoms. The molecular formula is C28H28F2N4O5. The van der Waals surface area contributed by atoms with E-state index in [0.717, 1.165) is 17.4 Å². The van der Waals surface area contributed by atoms with E-state index in [4.69, 9.17) is 14.2 Å². The van der Waals surface area contributed by atoms with Crippen molar-refractivity contribution in [3.63, 3.8) is 0 Å². The Morgan fingerprint density at radius 3 is 2.51 bits per heavy atom. The van der Waals surface area contributed by atoms with Crippen LogP contribution < -0.4 is 15.4 Å². The van der Waals surface area contributed by atoms with Crippen LogP contribution in [0.5, 0.6) is 5.75 Å². The summed E-state index contributed by atoms with van der Waals surface area (Å²) < 4.78 is 44.6. The van der Waals surface area contributed by atoms with Gasteiger partial charge in [-0.15, -0.1) is 0 Å². The lowest BCUT2D eigenvalue weighted by atomic mass is 10.1. The Kier molecular flexibility index (Phi) is 8.72. The summed E-state index contributed by atoms with van der Waals surface area (Å²) in [6, 6.07) is 13.2. The third-order valence-electron chi connectivity index (χ3n) is 6.11. The van der Waals surface area contributed by atoms with Crippen LogP contribution in [0.3, 0.4) is 0 Å². The fraction of sp³-hybridized carbons (Fsp3) is 0.250. The molecule has 39 heavy (non-hydrogen) atoms. The fourth-order valence-corrected chi connectivity index (χ4v) is 4.20. The number of rotatable bonds is 11. The Labute approximate surface area is 223 Å². The topological polar surface area (TPSA) is 104 Å².